The van der Waals surface area contributed by atoms with Crippen LogP contribution in [-0.4, -0.2) is 23.3 Å². The van der Waals surface area contributed by atoms with Crippen molar-refractivity contribution in [3.8, 4) is 0 Å². The number of carbonyl (C=O) groups is 1. The monoisotopic (exact) mass is 210 g/mol. The average molecular weight is 210 g/mol. The van der Waals surface area contributed by atoms with Gasteiger partial charge in [-0.15, -0.1) is 0 Å². The quantitative estimate of drug-likeness (QED) is 0.769. The molecule has 0 aromatic heterocycles. The van der Waals surface area contributed by atoms with Crippen LogP contribution in [0.25, 0.3) is 0 Å². The van der Waals surface area contributed by atoms with Gasteiger partial charge in [0.25, 0.3) is 0 Å². The van der Waals surface area contributed by atoms with E-state index in [-0.39, 0.29) is 6.42 Å². The molecule has 1 aromatic carbocycles. The van der Waals surface area contributed by atoms with Crippen LogP contribution in [0.3, 0.4) is 0 Å². The molecule has 0 aliphatic carbocycles. The number of aliphatic hydroxyl groups excluding tert-OH is 1. The molecule has 0 bridgehead atoms. The van der Waals surface area contributed by atoms with Gasteiger partial charge in [0.2, 0.25) is 0 Å². The molecule has 2 N–H and O–H groups in total. The molecule has 0 amide bonds. The van der Waals surface area contributed by atoms with Crippen LogP contribution in [0.5, 0.6) is 0 Å². The zero-order valence-electron chi connectivity index (χ0n) is 8.51. The summed E-state index contributed by atoms with van der Waals surface area (Å²) in [5.41, 5.74) is 1.43. The Balaban J connectivity index is 2.86. The molecule has 0 radical (unpaired) electrons. The van der Waals surface area contributed by atoms with Crippen LogP contribution >= 0.6 is 0 Å². The third-order valence-electron chi connectivity index (χ3n) is 2.08. The standard InChI is InChI=1S/C11H14O4/c1-15-7-8-4-2-3-5-9(8)10(12)6-11(13)14/h2-5,10,12H,6-7H2,1H3,(H,13,14). The summed E-state index contributed by atoms with van der Waals surface area (Å²) in [4.78, 5) is 10.5. The van der Waals surface area contributed by atoms with Crippen molar-refractivity contribution in [1.29, 1.82) is 0 Å². The van der Waals surface area contributed by atoms with Gasteiger partial charge in [-0.1, -0.05) is 24.3 Å². The largest absolute Gasteiger partial charge is 0.481 e. The maximum Gasteiger partial charge on any atom is 0.306 e. The second kappa shape index (κ2) is 5.48. The Kier molecular flexibility index (Phi) is 4.27. The first-order valence-electron chi connectivity index (χ1n) is 4.61. The van der Waals surface area contributed by atoms with Crippen LogP contribution in [0.1, 0.15) is 23.7 Å². The zero-order chi connectivity index (χ0) is 11.3. The predicted octanol–water partition coefficient (Wildman–Crippen LogP) is 1.34. The number of hydrogen-bond acceptors (Lipinski definition) is 3. The molecule has 1 unspecified atom stereocenters. The minimum absolute atomic E-state index is 0.291. The Morgan fingerprint density at radius 2 is 2.13 bits per heavy atom. The van der Waals surface area contributed by atoms with Crippen molar-refractivity contribution in [2.75, 3.05) is 7.11 Å². The van der Waals surface area contributed by atoms with E-state index in [0.717, 1.165) is 5.56 Å². The van der Waals surface area contributed by atoms with E-state index in [9.17, 15) is 9.90 Å². The van der Waals surface area contributed by atoms with Gasteiger partial charge in [0.05, 0.1) is 19.1 Å². The van der Waals surface area contributed by atoms with E-state index in [1.807, 2.05) is 12.1 Å². The highest BCUT2D eigenvalue weighted by atomic mass is 16.5. The highest BCUT2D eigenvalue weighted by Crippen LogP contribution is 2.21. The molecule has 15 heavy (non-hydrogen) atoms. The number of methoxy groups -OCH3 is 1. The summed E-state index contributed by atoms with van der Waals surface area (Å²) < 4.78 is 4.97. The molecule has 0 fully saturated rings. The van der Waals surface area contributed by atoms with E-state index in [4.69, 9.17) is 9.84 Å². The van der Waals surface area contributed by atoms with Gasteiger partial charge in [-0.3, -0.25) is 4.79 Å². The van der Waals surface area contributed by atoms with Gasteiger partial charge in [-0.2, -0.15) is 0 Å². The Hall–Kier alpha value is -1.39. The lowest BCUT2D eigenvalue weighted by Gasteiger charge is -2.13. The molecule has 1 rings (SSSR count). The lowest BCUT2D eigenvalue weighted by molar-refractivity contribution is -0.139. The van der Waals surface area contributed by atoms with Crippen molar-refractivity contribution in [2.24, 2.45) is 0 Å². The van der Waals surface area contributed by atoms with E-state index < -0.39 is 12.1 Å². The lowest BCUT2D eigenvalue weighted by Crippen LogP contribution is -2.08. The molecule has 0 aliphatic rings. The van der Waals surface area contributed by atoms with Gasteiger partial charge in [0.1, 0.15) is 0 Å². The highest BCUT2D eigenvalue weighted by molar-refractivity contribution is 5.67. The Labute approximate surface area is 88.1 Å². The average Bonchev–Trinajstić information content (AvgIpc) is 2.18. The van der Waals surface area contributed by atoms with Gasteiger partial charge < -0.3 is 14.9 Å². The van der Waals surface area contributed by atoms with Crippen molar-refractivity contribution in [1.82, 2.24) is 0 Å². The fourth-order valence-electron chi connectivity index (χ4n) is 1.42. The number of hydrogen-bond donors (Lipinski definition) is 2. The lowest BCUT2D eigenvalue weighted by atomic mass is 10.0. The smallest absolute Gasteiger partial charge is 0.306 e. The number of carboxylic acid groups (broad SMARTS) is 1. The van der Waals surface area contributed by atoms with E-state index in [1.54, 1.807) is 19.2 Å². The molecule has 82 valence electrons. The first-order valence-corrected chi connectivity index (χ1v) is 4.61. The van der Waals surface area contributed by atoms with E-state index >= 15 is 0 Å². The summed E-state index contributed by atoms with van der Waals surface area (Å²) in [5, 5.41) is 18.2. The molecule has 1 aromatic rings. The summed E-state index contributed by atoms with van der Waals surface area (Å²) in [6.45, 7) is 0.368. The molecule has 0 spiro atoms. The Bertz CT molecular complexity index is 335. The third kappa shape index (κ3) is 3.34. The Morgan fingerprint density at radius 3 is 2.73 bits per heavy atom. The SMILES string of the molecule is COCc1ccccc1C(O)CC(=O)O. The molecule has 0 heterocycles. The molecule has 0 saturated heterocycles. The molecule has 1 atom stereocenters. The third-order valence-corrected chi connectivity index (χ3v) is 2.08. The number of carboxylic acids is 1. The molecular formula is C11H14O4. The van der Waals surface area contributed by atoms with Gasteiger partial charge >= 0.3 is 5.97 Å². The predicted molar refractivity (Wildman–Crippen MR) is 54.4 cm³/mol. The first-order chi connectivity index (χ1) is 7.15. The van der Waals surface area contributed by atoms with Crippen LogP contribution in [0, 0.1) is 0 Å². The number of aliphatic hydroxyl groups is 1. The molecule has 4 heteroatoms. The van der Waals surface area contributed by atoms with Crippen LogP contribution in [0.2, 0.25) is 0 Å². The van der Waals surface area contributed by atoms with Gasteiger partial charge in [-0.25, -0.2) is 0 Å². The second-order valence-electron chi connectivity index (χ2n) is 3.25. The van der Waals surface area contributed by atoms with Crippen molar-refractivity contribution >= 4 is 5.97 Å². The normalized spacial score (nSPS) is 12.4. The van der Waals surface area contributed by atoms with Crippen LogP contribution in [0.4, 0.5) is 0 Å². The first kappa shape index (κ1) is 11.7. The summed E-state index contributed by atoms with van der Waals surface area (Å²) in [6, 6.07) is 7.11. The van der Waals surface area contributed by atoms with E-state index in [0.29, 0.717) is 12.2 Å². The van der Waals surface area contributed by atoms with E-state index in [1.165, 1.54) is 0 Å². The number of benzene rings is 1. The number of ether oxygens (including phenoxy) is 1. The summed E-state index contributed by atoms with van der Waals surface area (Å²) in [6.07, 6.45) is -1.27. The van der Waals surface area contributed by atoms with Gasteiger partial charge in [0, 0.05) is 7.11 Å². The maximum atomic E-state index is 10.5. The van der Waals surface area contributed by atoms with Crippen LogP contribution in [-0.2, 0) is 16.1 Å². The molecule has 0 saturated carbocycles. The zero-order valence-corrected chi connectivity index (χ0v) is 8.51. The van der Waals surface area contributed by atoms with Crippen LogP contribution < -0.4 is 0 Å². The highest BCUT2D eigenvalue weighted by Gasteiger charge is 2.14. The van der Waals surface area contributed by atoms with Crippen LogP contribution in [0.15, 0.2) is 24.3 Å². The van der Waals surface area contributed by atoms with Gasteiger partial charge in [-0.05, 0) is 11.1 Å². The van der Waals surface area contributed by atoms with Crippen molar-refractivity contribution in [3.05, 3.63) is 35.4 Å². The van der Waals surface area contributed by atoms with Crippen molar-refractivity contribution in [2.45, 2.75) is 19.1 Å². The molecule has 0 aliphatic heterocycles. The fourth-order valence-corrected chi connectivity index (χ4v) is 1.42. The summed E-state index contributed by atoms with van der Waals surface area (Å²) in [7, 11) is 1.56. The fraction of sp³-hybridized carbons (Fsp3) is 0.364. The minimum Gasteiger partial charge on any atom is -0.481 e. The topological polar surface area (TPSA) is 66.8 Å². The second-order valence-corrected chi connectivity index (χ2v) is 3.25. The maximum absolute atomic E-state index is 10.5. The van der Waals surface area contributed by atoms with Crippen molar-refractivity contribution in [3.63, 3.8) is 0 Å². The van der Waals surface area contributed by atoms with Crippen molar-refractivity contribution < 1.29 is 19.7 Å². The molecular weight excluding hydrogens is 196 g/mol. The summed E-state index contributed by atoms with van der Waals surface area (Å²) >= 11 is 0. The molecule has 4 nitrogen and oxygen atoms in total. The summed E-state index contributed by atoms with van der Waals surface area (Å²) in [5.74, 6) is -1.02. The Morgan fingerprint density at radius 1 is 1.47 bits per heavy atom. The minimum atomic E-state index is -1.02. The van der Waals surface area contributed by atoms with Gasteiger partial charge in [0.15, 0.2) is 0 Å². The van der Waals surface area contributed by atoms with E-state index in [2.05, 4.69) is 0 Å². The number of rotatable bonds is 5. The number of aliphatic carboxylic acids is 1.